The van der Waals surface area contributed by atoms with Gasteiger partial charge in [0.2, 0.25) is 0 Å². The zero-order valence-corrected chi connectivity index (χ0v) is 11.8. The molecule has 2 heterocycles. The van der Waals surface area contributed by atoms with E-state index in [-0.39, 0.29) is 12.4 Å². The highest BCUT2D eigenvalue weighted by Gasteiger charge is 2.15. The van der Waals surface area contributed by atoms with Crippen LogP contribution in [-0.2, 0) is 6.54 Å². The Balaban J connectivity index is 2.41. The summed E-state index contributed by atoms with van der Waals surface area (Å²) >= 11 is 3.34. The number of aryl methyl sites for hydroxylation is 1. The molecule has 0 amide bonds. The van der Waals surface area contributed by atoms with Crippen molar-refractivity contribution in [3.63, 3.8) is 0 Å². The molecule has 2 aromatic rings. The van der Waals surface area contributed by atoms with Crippen LogP contribution in [0.2, 0.25) is 0 Å². The molecule has 0 aliphatic heterocycles. The topological polar surface area (TPSA) is 91.2 Å². The van der Waals surface area contributed by atoms with E-state index in [0.29, 0.717) is 17.1 Å². The molecule has 0 bridgehead atoms. The van der Waals surface area contributed by atoms with Gasteiger partial charge in [0.25, 0.3) is 0 Å². The lowest BCUT2D eigenvalue weighted by Crippen LogP contribution is -2.26. The Bertz CT molecular complexity index is 704. The Morgan fingerprint density at radius 2 is 2.16 bits per heavy atom. The lowest BCUT2D eigenvalue weighted by Gasteiger charge is -2.10. The van der Waals surface area contributed by atoms with Gasteiger partial charge >= 0.3 is 11.6 Å². The molecule has 2 rings (SSSR count). The zero-order valence-electron chi connectivity index (χ0n) is 10.2. The van der Waals surface area contributed by atoms with Gasteiger partial charge in [-0.2, -0.15) is 4.98 Å². The van der Waals surface area contributed by atoms with E-state index in [2.05, 4.69) is 20.9 Å². The maximum absolute atomic E-state index is 11.8. The molecule has 2 aromatic heterocycles. The zero-order chi connectivity index (χ0) is 14.2. The summed E-state index contributed by atoms with van der Waals surface area (Å²) in [6, 6.07) is 2.73. The van der Waals surface area contributed by atoms with Gasteiger partial charge in [-0.05, 0) is 35.8 Å². The van der Waals surface area contributed by atoms with E-state index < -0.39 is 10.6 Å². The Kier molecular flexibility index (Phi) is 3.52. The molecular formula is C11H10BrN3O4. The summed E-state index contributed by atoms with van der Waals surface area (Å²) in [5, 5.41) is 10.5. The monoisotopic (exact) mass is 327 g/mol. The van der Waals surface area contributed by atoms with Crippen molar-refractivity contribution >= 4 is 21.8 Å². The Labute approximate surface area is 116 Å². The number of nitrogens with zero attached hydrogens (tertiary/aromatic N) is 3. The number of nitro groups is 1. The van der Waals surface area contributed by atoms with Crippen LogP contribution in [0.4, 0.5) is 5.88 Å². The minimum absolute atomic E-state index is 0.102. The van der Waals surface area contributed by atoms with E-state index in [4.69, 9.17) is 4.42 Å². The summed E-state index contributed by atoms with van der Waals surface area (Å²) in [5.41, 5.74) is 0.873. The van der Waals surface area contributed by atoms with Crippen LogP contribution < -0.4 is 5.69 Å². The standard InChI is InChI=1S/C11H10BrN3O4/c1-6-10(12)7(2)14(11(16)13-6)5-8-3-4-9(19-8)15(17)18/h3-4H,5H2,1-2H3. The van der Waals surface area contributed by atoms with Crippen LogP contribution in [0.3, 0.4) is 0 Å². The van der Waals surface area contributed by atoms with Crippen molar-refractivity contribution in [3.8, 4) is 0 Å². The van der Waals surface area contributed by atoms with Crippen molar-refractivity contribution in [1.29, 1.82) is 0 Å². The number of halogens is 1. The second-order valence-electron chi connectivity index (χ2n) is 3.96. The number of hydrogen-bond donors (Lipinski definition) is 0. The molecular weight excluding hydrogens is 318 g/mol. The third kappa shape index (κ3) is 2.58. The maximum atomic E-state index is 11.8. The fraction of sp³-hybridized carbons (Fsp3) is 0.273. The molecule has 0 fully saturated rings. The highest BCUT2D eigenvalue weighted by atomic mass is 79.9. The highest BCUT2D eigenvalue weighted by molar-refractivity contribution is 9.10. The van der Waals surface area contributed by atoms with Gasteiger partial charge < -0.3 is 4.42 Å². The molecule has 7 nitrogen and oxygen atoms in total. The average Bonchev–Trinajstić information content (AvgIpc) is 2.81. The van der Waals surface area contributed by atoms with Gasteiger partial charge in [0, 0.05) is 5.69 Å². The fourth-order valence-electron chi connectivity index (χ4n) is 1.67. The van der Waals surface area contributed by atoms with Crippen LogP contribution in [0.25, 0.3) is 0 Å². The van der Waals surface area contributed by atoms with Gasteiger partial charge in [0.15, 0.2) is 0 Å². The summed E-state index contributed by atoms with van der Waals surface area (Å²) in [6.45, 7) is 3.59. The predicted octanol–water partition coefficient (Wildman–Crippen LogP) is 2.17. The quantitative estimate of drug-likeness (QED) is 0.636. The molecule has 0 unspecified atom stereocenters. The molecule has 19 heavy (non-hydrogen) atoms. The van der Waals surface area contributed by atoms with Gasteiger partial charge in [-0.3, -0.25) is 14.7 Å². The lowest BCUT2D eigenvalue weighted by atomic mass is 10.3. The Hall–Kier alpha value is -1.96. The third-order valence-electron chi connectivity index (χ3n) is 2.68. The van der Waals surface area contributed by atoms with E-state index in [1.807, 2.05) is 0 Å². The molecule has 0 spiro atoms. The van der Waals surface area contributed by atoms with Crippen LogP contribution in [0.5, 0.6) is 0 Å². The van der Waals surface area contributed by atoms with Crippen molar-refractivity contribution in [2.45, 2.75) is 20.4 Å². The van der Waals surface area contributed by atoms with Crippen LogP contribution in [0, 0.1) is 24.0 Å². The smallest absolute Gasteiger partial charge is 0.404 e. The van der Waals surface area contributed by atoms with Gasteiger partial charge in [0.1, 0.15) is 10.7 Å². The van der Waals surface area contributed by atoms with Crippen LogP contribution >= 0.6 is 15.9 Å². The molecule has 0 saturated heterocycles. The summed E-state index contributed by atoms with van der Waals surface area (Å²) in [5.74, 6) is -0.0192. The molecule has 0 atom stereocenters. The first-order valence-electron chi connectivity index (χ1n) is 5.37. The summed E-state index contributed by atoms with van der Waals surface area (Å²) in [7, 11) is 0. The van der Waals surface area contributed by atoms with Crippen molar-refractivity contribution in [1.82, 2.24) is 9.55 Å². The average molecular weight is 328 g/mol. The van der Waals surface area contributed by atoms with Crippen molar-refractivity contribution < 1.29 is 9.34 Å². The van der Waals surface area contributed by atoms with Gasteiger partial charge in [-0.25, -0.2) is 4.79 Å². The predicted molar refractivity (Wildman–Crippen MR) is 70.1 cm³/mol. The lowest BCUT2D eigenvalue weighted by molar-refractivity contribution is -0.402. The molecule has 0 radical (unpaired) electrons. The van der Waals surface area contributed by atoms with E-state index in [1.54, 1.807) is 13.8 Å². The minimum atomic E-state index is -0.623. The normalized spacial score (nSPS) is 10.7. The van der Waals surface area contributed by atoms with Crippen LogP contribution in [0.1, 0.15) is 17.1 Å². The molecule has 8 heteroatoms. The molecule has 0 saturated carbocycles. The number of rotatable bonds is 3. The Morgan fingerprint density at radius 1 is 1.47 bits per heavy atom. The highest BCUT2D eigenvalue weighted by Crippen LogP contribution is 2.20. The first-order chi connectivity index (χ1) is 8.90. The first-order valence-corrected chi connectivity index (χ1v) is 6.16. The molecule has 0 aliphatic carbocycles. The maximum Gasteiger partial charge on any atom is 0.433 e. The van der Waals surface area contributed by atoms with E-state index in [9.17, 15) is 14.9 Å². The third-order valence-corrected chi connectivity index (χ3v) is 3.82. The molecule has 0 aromatic carbocycles. The van der Waals surface area contributed by atoms with E-state index >= 15 is 0 Å². The summed E-state index contributed by atoms with van der Waals surface area (Å²) < 4.78 is 7.15. The summed E-state index contributed by atoms with van der Waals surface area (Å²) in [6.07, 6.45) is 0. The molecule has 0 N–H and O–H groups in total. The number of aromatic nitrogens is 2. The largest absolute Gasteiger partial charge is 0.433 e. The van der Waals surface area contributed by atoms with Gasteiger partial charge in [-0.1, -0.05) is 0 Å². The SMILES string of the molecule is Cc1nc(=O)n(Cc2ccc([N+](=O)[O-])o2)c(C)c1Br. The number of furan rings is 1. The van der Waals surface area contributed by atoms with E-state index in [0.717, 1.165) is 4.47 Å². The van der Waals surface area contributed by atoms with E-state index in [1.165, 1.54) is 16.7 Å². The summed E-state index contributed by atoms with van der Waals surface area (Å²) in [4.78, 5) is 25.6. The van der Waals surface area contributed by atoms with Crippen LogP contribution in [-0.4, -0.2) is 14.5 Å². The minimum Gasteiger partial charge on any atom is -0.404 e. The van der Waals surface area contributed by atoms with Crippen LogP contribution in [0.15, 0.2) is 25.8 Å². The molecule has 100 valence electrons. The molecule has 0 aliphatic rings. The number of hydrogen-bond acceptors (Lipinski definition) is 5. The second-order valence-corrected chi connectivity index (χ2v) is 4.76. The van der Waals surface area contributed by atoms with Gasteiger partial charge in [-0.15, -0.1) is 0 Å². The van der Waals surface area contributed by atoms with Crippen molar-refractivity contribution in [2.75, 3.05) is 0 Å². The Morgan fingerprint density at radius 3 is 2.74 bits per heavy atom. The van der Waals surface area contributed by atoms with Crippen molar-refractivity contribution in [2.24, 2.45) is 0 Å². The first kappa shape index (κ1) is 13.5. The fourth-order valence-corrected chi connectivity index (χ4v) is 1.97. The second kappa shape index (κ2) is 4.96. The van der Waals surface area contributed by atoms with Crippen molar-refractivity contribution in [3.05, 3.63) is 54.4 Å². The van der Waals surface area contributed by atoms with Gasteiger partial charge in [0.05, 0.1) is 22.8 Å².